The van der Waals surface area contributed by atoms with Crippen LogP contribution in [0.5, 0.6) is 0 Å². The van der Waals surface area contributed by atoms with Gasteiger partial charge in [0.25, 0.3) is 0 Å². The number of benzene rings is 1. The highest BCUT2D eigenvalue weighted by atomic mass is 32.2. The van der Waals surface area contributed by atoms with E-state index in [1.54, 1.807) is 45.0 Å². The van der Waals surface area contributed by atoms with Crippen LogP contribution < -0.4 is 16.1 Å². The molecule has 1 saturated carbocycles. The molecule has 180 valence electrons. The number of sulfone groups is 1. The number of piperidine rings is 1. The van der Waals surface area contributed by atoms with Crippen LogP contribution in [0.4, 0.5) is 5.69 Å². The minimum absolute atomic E-state index is 0.00723. The standard InChI is InChI=1S/C24H35N5O3S/c1-24(2,3)33(31,32)18-11-9-17(10-12-18)27-22-21-20(13-14-26-23(21)30)29(28-22)19-8-6-4-5-7-16(19)15-25/h9-12,16,19-22,27-28H,4-8,13-14H2,1-3H3,(H,26,30)/t16-,19-,20?,21?,22?/m1/s1. The molecule has 4 rings (SSSR count). The Morgan fingerprint density at radius 3 is 2.42 bits per heavy atom. The maximum Gasteiger partial charge on any atom is 0.228 e. The molecule has 1 amide bonds. The minimum atomic E-state index is -3.43. The Morgan fingerprint density at radius 2 is 1.76 bits per heavy atom. The molecule has 3 fully saturated rings. The topological polar surface area (TPSA) is 114 Å². The number of nitrogens with zero attached hydrogens (tertiary/aromatic N) is 2. The Kier molecular flexibility index (Phi) is 6.72. The van der Waals surface area contributed by atoms with Crippen LogP contribution in [0.1, 0.15) is 59.3 Å². The van der Waals surface area contributed by atoms with Crippen molar-refractivity contribution in [1.82, 2.24) is 15.8 Å². The molecule has 1 aliphatic carbocycles. The largest absolute Gasteiger partial charge is 0.368 e. The summed E-state index contributed by atoms with van der Waals surface area (Å²) in [5.74, 6) is -0.335. The van der Waals surface area contributed by atoms with Crippen LogP contribution in [0.25, 0.3) is 0 Å². The normalized spacial score (nSPS) is 31.2. The summed E-state index contributed by atoms with van der Waals surface area (Å²) in [6, 6.07) is 9.36. The van der Waals surface area contributed by atoms with Crippen molar-refractivity contribution in [2.45, 2.75) is 87.2 Å². The molecule has 0 spiro atoms. The van der Waals surface area contributed by atoms with Gasteiger partial charge < -0.3 is 10.6 Å². The SMILES string of the molecule is CC(C)(C)S(=O)(=O)c1ccc(NC2NN([C@@H]3CCCCC[C@@H]3C#N)C3CCNC(=O)C23)cc1. The lowest BCUT2D eigenvalue weighted by atomic mass is 9.88. The quantitative estimate of drug-likeness (QED) is 0.576. The van der Waals surface area contributed by atoms with Crippen LogP contribution in [-0.4, -0.2) is 48.9 Å². The number of fused-ring (bicyclic) bond motifs is 1. The van der Waals surface area contributed by atoms with Gasteiger partial charge in [-0.05, 0) is 64.3 Å². The van der Waals surface area contributed by atoms with E-state index >= 15 is 0 Å². The van der Waals surface area contributed by atoms with Crippen molar-refractivity contribution in [2.75, 3.05) is 11.9 Å². The minimum Gasteiger partial charge on any atom is -0.368 e. The van der Waals surface area contributed by atoms with Gasteiger partial charge in [0.05, 0.1) is 27.5 Å². The smallest absolute Gasteiger partial charge is 0.228 e. The molecule has 3 aliphatic rings. The summed E-state index contributed by atoms with van der Waals surface area (Å²) in [5.41, 5.74) is 4.28. The Balaban J connectivity index is 1.56. The first kappa shape index (κ1) is 24.0. The van der Waals surface area contributed by atoms with Crippen molar-refractivity contribution in [1.29, 1.82) is 5.26 Å². The van der Waals surface area contributed by atoms with Gasteiger partial charge in [-0.25, -0.2) is 18.9 Å². The third-order valence-electron chi connectivity index (χ3n) is 7.26. The summed E-state index contributed by atoms with van der Waals surface area (Å²) in [6.07, 6.45) is 5.65. The van der Waals surface area contributed by atoms with Crippen molar-refractivity contribution in [2.24, 2.45) is 11.8 Å². The predicted molar refractivity (Wildman–Crippen MR) is 127 cm³/mol. The van der Waals surface area contributed by atoms with Crippen LogP contribution in [0.2, 0.25) is 0 Å². The van der Waals surface area contributed by atoms with Crippen molar-refractivity contribution in [3.05, 3.63) is 24.3 Å². The van der Waals surface area contributed by atoms with Crippen LogP contribution >= 0.6 is 0 Å². The summed E-state index contributed by atoms with van der Waals surface area (Å²) in [6.45, 7) is 5.70. The number of hydrogen-bond acceptors (Lipinski definition) is 7. The highest BCUT2D eigenvalue weighted by Gasteiger charge is 2.50. The third-order valence-corrected chi connectivity index (χ3v) is 9.76. The monoisotopic (exact) mass is 473 g/mol. The number of amides is 1. The Morgan fingerprint density at radius 1 is 1.06 bits per heavy atom. The van der Waals surface area contributed by atoms with Crippen molar-refractivity contribution in [3.8, 4) is 6.07 Å². The number of hydrogen-bond donors (Lipinski definition) is 3. The first-order valence-electron chi connectivity index (χ1n) is 12.0. The summed E-state index contributed by atoms with van der Waals surface area (Å²) < 4.78 is 24.6. The Hall–Kier alpha value is -2.15. The van der Waals surface area contributed by atoms with E-state index in [0.717, 1.165) is 44.2 Å². The summed E-state index contributed by atoms with van der Waals surface area (Å²) in [7, 11) is -3.43. The summed E-state index contributed by atoms with van der Waals surface area (Å²) in [5, 5.41) is 18.4. The van der Waals surface area contributed by atoms with Gasteiger partial charge in [0, 0.05) is 24.3 Å². The molecular formula is C24H35N5O3S. The van der Waals surface area contributed by atoms with Crippen LogP contribution in [0.3, 0.4) is 0 Å². The molecule has 9 heteroatoms. The second kappa shape index (κ2) is 9.24. The Labute approximate surface area is 197 Å². The van der Waals surface area contributed by atoms with Gasteiger partial charge in [-0.3, -0.25) is 4.79 Å². The molecule has 0 aromatic heterocycles. The van der Waals surface area contributed by atoms with Crippen molar-refractivity contribution < 1.29 is 13.2 Å². The number of carbonyl (C=O) groups is 1. The molecular weight excluding hydrogens is 438 g/mol. The molecule has 2 heterocycles. The number of carbonyl (C=O) groups excluding carboxylic acids is 1. The first-order valence-corrected chi connectivity index (χ1v) is 13.4. The summed E-state index contributed by atoms with van der Waals surface area (Å²) in [4.78, 5) is 13.1. The number of rotatable bonds is 4. The highest BCUT2D eigenvalue weighted by Crippen LogP contribution is 2.36. The third kappa shape index (κ3) is 4.61. The average molecular weight is 474 g/mol. The molecule has 8 nitrogen and oxygen atoms in total. The average Bonchev–Trinajstić information content (AvgIpc) is 2.97. The van der Waals surface area contributed by atoms with Crippen LogP contribution in [0.15, 0.2) is 29.2 Å². The maximum atomic E-state index is 12.9. The van der Waals surface area contributed by atoms with E-state index in [2.05, 4.69) is 27.1 Å². The van der Waals surface area contributed by atoms with Gasteiger partial charge in [-0.15, -0.1) is 0 Å². The molecule has 1 aromatic carbocycles. The molecule has 0 radical (unpaired) electrons. The van der Waals surface area contributed by atoms with E-state index in [-0.39, 0.29) is 40.9 Å². The van der Waals surface area contributed by atoms with Gasteiger partial charge in [0.2, 0.25) is 5.91 Å². The molecule has 0 bridgehead atoms. The summed E-state index contributed by atoms with van der Waals surface area (Å²) >= 11 is 0. The number of anilines is 1. The molecule has 33 heavy (non-hydrogen) atoms. The zero-order valence-corrected chi connectivity index (χ0v) is 20.5. The fourth-order valence-corrected chi connectivity index (χ4v) is 6.54. The van der Waals surface area contributed by atoms with E-state index in [1.165, 1.54) is 0 Å². The van der Waals surface area contributed by atoms with Gasteiger partial charge in [0.1, 0.15) is 6.17 Å². The molecule has 5 atom stereocenters. The second-order valence-corrected chi connectivity index (χ2v) is 13.1. The fraction of sp³-hybridized carbons (Fsp3) is 0.667. The zero-order valence-electron chi connectivity index (χ0n) is 19.7. The lowest BCUT2D eigenvalue weighted by Crippen LogP contribution is -2.53. The van der Waals surface area contributed by atoms with Crippen LogP contribution in [0, 0.1) is 23.2 Å². The molecule has 3 N–H and O–H groups in total. The van der Waals surface area contributed by atoms with E-state index < -0.39 is 14.6 Å². The molecule has 2 aliphatic heterocycles. The van der Waals surface area contributed by atoms with Gasteiger partial charge >= 0.3 is 0 Å². The molecule has 1 aromatic rings. The second-order valence-electron chi connectivity index (χ2n) is 10.4. The van der Waals surface area contributed by atoms with Crippen molar-refractivity contribution >= 4 is 21.4 Å². The Bertz CT molecular complexity index is 1010. The lowest BCUT2D eigenvalue weighted by Gasteiger charge is -2.36. The van der Waals surface area contributed by atoms with Crippen molar-refractivity contribution in [3.63, 3.8) is 0 Å². The van der Waals surface area contributed by atoms with Crippen LogP contribution in [-0.2, 0) is 14.6 Å². The number of nitrogens with one attached hydrogen (secondary N) is 3. The van der Waals surface area contributed by atoms with Gasteiger partial charge in [-0.1, -0.05) is 19.3 Å². The van der Waals surface area contributed by atoms with Gasteiger partial charge in [0.15, 0.2) is 9.84 Å². The first-order chi connectivity index (χ1) is 15.6. The van der Waals surface area contributed by atoms with E-state index in [0.29, 0.717) is 6.54 Å². The molecule has 3 unspecified atom stereocenters. The predicted octanol–water partition coefficient (Wildman–Crippen LogP) is 2.79. The van der Waals surface area contributed by atoms with E-state index in [1.807, 2.05) is 0 Å². The lowest BCUT2D eigenvalue weighted by molar-refractivity contribution is -0.128. The number of hydrazine groups is 1. The van der Waals surface area contributed by atoms with E-state index in [9.17, 15) is 18.5 Å². The van der Waals surface area contributed by atoms with E-state index in [4.69, 9.17) is 0 Å². The number of nitriles is 1. The van der Waals surface area contributed by atoms with Gasteiger partial charge in [-0.2, -0.15) is 5.26 Å². The highest BCUT2D eigenvalue weighted by molar-refractivity contribution is 7.92. The fourth-order valence-electron chi connectivity index (χ4n) is 5.34. The molecule has 2 saturated heterocycles. The maximum absolute atomic E-state index is 12.9. The zero-order chi connectivity index (χ0) is 23.8.